The molecule has 0 aromatic heterocycles. The monoisotopic (exact) mass is 214 g/mol. The SMILES string of the molecule is CCOCCN1CNC(CC(C)C)C1=O. The molecule has 1 atom stereocenters. The van der Waals surface area contributed by atoms with Gasteiger partial charge in [-0.1, -0.05) is 13.8 Å². The zero-order valence-corrected chi connectivity index (χ0v) is 9.95. The number of hydrogen-bond donors (Lipinski definition) is 1. The first-order chi connectivity index (χ1) is 7.15. The molecule has 1 N–H and O–H groups in total. The van der Waals surface area contributed by atoms with E-state index in [4.69, 9.17) is 4.74 Å². The number of rotatable bonds is 6. The second-order valence-electron chi connectivity index (χ2n) is 4.34. The first-order valence-corrected chi connectivity index (χ1v) is 5.75. The highest BCUT2D eigenvalue weighted by Gasteiger charge is 2.30. The van der Waals surface area contributed by atoms with Gasteiger partial charge in [0.1, 0.15) is 0 Å². The zero-order valence-electron chi connectivity index (χ0n) is 9.95. The van der Waals surface area contributed by atoms with E-state index in [-0.39, 0.29) is 11.9 Å². The molecule has 1 fully saturated rings. The van der Waals surface area contributed by atoms with Crippen molar-refractivity contribution < 1.29 is 9.53 Å². The molecular weight excluding hydrogens is 192 g/mol. The molecule has 4 nitrogen and oxygen atoms in total. The maximum Gasteiger partial charge on any atom is 0.240 e. The molecule has 0 aromatic carbocycles. The first kappa shape index (κ1) is 12.5. The standard InChI is InChI=1S/C11H22N2O2/c1-4-15-6-5-13-8-12-10(11(13)14)7-9(2)3/h9-10,12H,4-8H2,1-3H3. The summed E-state index contributed by atoms with van der Waals surface area (Å²) < 4.78 is 5.24. The summed E-state index contributed by atoms with van der Waals surface area (Å²) in [5.41, 5.74) is 0. The van der Waals surface area contributed by atoms with E-state index >= 15 is 0 Å². The van der Waals surface area contributed by atoms with Crippen molar-refractivity contribution in [1.82, 2.24) is 10.2 Å². The molecule has 0 radical (unpaired) electrons. The van der Waals surface area contributed by atoms with Gasteiger partial charge in [-0.3, -0.25) is 10.1 Å². The van der Waals surface area contributed by atoms with Crippen molar-refractivity contribution in [3.05, 3.63) is 0 Å². The molecule has 1 saturated heterocycles. The van der Waals surface area contributed by atoms with E-state index in [1.807, 2.05) is 11.8 Å². The minimum absolute atomic E-state index is 0.0200. The smallest absolute Gasteiger partial charge is 0.240 e. The number of nitrogens with zero attached hydrogens (tertiary/aromatic N) is 1. The highest BCUT2D eigenvalue weighted by Crippen LogP contribution is 2.12. The van der Waals surface area contributed by atoms with Crippen molar-refractivity contribution in [1.29, 1.82) is 0 Å². The summed E-state index contributed by atoms with van der Waals surface area (Å²) in [6.45, 7) is 8.96. The largest absolute Gasteiger partial charge is 0.380 e. The Bertz CT molecular complexity index is 207. The van der Waals surface area contributed by atoms with Crippen LogP contribution in [0.1, 0.15) is 27.2 Å². The summed E-state index contributed by atoms with van der Waals surface area (Å²) in [7, 11) is 0. The van der Waals surface area contributed by atoms with Crippen LogP contribution in [0.5, 0.6) is 0 Å². The van der Waals surface area contributed by atoms with Crippen molar-refractivity contribution >= 4 is 5.91 Å². The molecular formula is C11H22N2O2. The Morgan fingerprint density at radius 1 is 1.60 bits per heavy atom. The maximum absolute atomic E-state index is 11.8. The lowest BCUT2D eigenvalue weighted by atomic mass is 10.0. The fourth-order valence-electron chi connectivity index (χ4n) is 1.77. The Morgan fingerprint density at radius 3 is 2.93 bits per heavy atom. The molecule has 1 heterocycles. The number of amides is 1. The van der Waals surface area contributed by atoms with E-state index in [1.54, 1.807) is 0 Å². The first-order valence-electron chi connectivity index (χ1n) is 5.75. The quantitative estimate of drug-likeness (QED) is 0.666. The summed E-state index contributed by atoms with van der Waals surface area (Å²) >= 11 is 0. The molecule has 4 heteroatoms. The maximum atomic E-state index is 11.8. The van der Waals surface area contributed by atoms with Crippen molar-refractivity contribution in [3.63, 3.8) is 0 Å². The van der Waals surface area contributed by atoms with Gasteiger partial charge in [0.25, 0.3) is 0 Å². The molecule has 1 aliphatic heterocycles. The van der Waals surface area contributed by atoms with Gasteiger partial charge in [-0.05, 0) is 19.3 Å². The molecule has 1 unspecified atom stereocenters. The minimum Gasteiger partial charge on any atom is -0.380 e. The Morgan fingerprint density at radius 2 is 2.33 bits per heavy atom. The normalized spacial score (nSPS) is 21.7. The lowest BCUT2D eigenvalue weighted by molar-refractivity contribution is -0.129. The third-order valence-corrected chi connectivity index (χ3v) is 2.56. The van der Waals surface area contributed by atoms with Crippen LogP contribution in [0.4, 0.5) is 0 Å². The number of ether oxygens (including phenoxy) is 1. The van der Waals surface area contributed by atoms with E-state index in [1.165, 1.54) is 0 Å². The van der Waals surface area contributed by atoms with Gasteiger partial charge >= 0.3 is 0 Å². The van der Waals surface area contributed by atoms with Crippen molar-refractivity contribution in [2.75, 3.05) is 26.4 Å². The molecule has 0 aromatic rings. The lowest BCUT2D eigenvalue weighted by Crippen LogP contribution is -2.33. The van der Waals surface area contributed by atoms with Gasteiger partial charge in [0.15, 0.2) is 0 Å². The van der Waals surface area contributed by atoms with Crippen LogP contribution in [0.25, 0.3) is 0 Å². The van der Waals surface area contributed by atoms with Crippen LogP contribution in [-0.2, 0) is 9.53 Å². The average molecular weight is 214 g/mol. The highest BCUT2D eigenvalue weighted by molar-refractivity contribution is 5.83. The van der Waals surface area contributed by atoms with Gasteiger partial charge in [-0.2, -0.15) is 0 Å². The fourth-order valence-corrected chi connectivity index (χ4v) is 1.77. The van der Waals surface area contributed by atoms with Crippen LogP contribution in [0.15, 0.2) is 0 Å². The lowest BCUT2D eigenvalue weighted by Gasteiger charge is -2.15. The molecule has 15 heavy (non-hydrogen) atoms. The Kier molecular flexibility index (Phi) is 5.05. The van der Waals surface area contributed by atoms with E-state index in [2.05, 4.69) is 19.2 Å². The van der Waals surface area contributed by atoms with Gasteiger partial charge < -0.3 is 9.64 Å². The topological polar surface area (TPSA) is 41.6 Å². The summed E-state index contributed by atoms with van der Waals surface area (Å²) in [6, 6.07) is 0.0200. The third kappa shape index (κ3) is 3.80. The number of nitrogens with one attached hydrogen (secondary N) is 1. The van der Waals surface area contributed by atoms with Crippen LogP contribution in [0.3, 0.4) is 0 Å². The van der Waals surface area contributed by atoms with Gasteiger partial charge in [-0.15, -0.1) is 0 Å². The van der Waals surface area contributed by atoms with Crippen LogP contribution in [0.2, 0.25) is 0 Å². The molecule has 0 spiro atoms. The third-order valence-electron chi connectivity index (χ3n) is 2.56. The van der Waals surface area contributed by atoms with Crippen LogP contribution in [0, 0.1) is 5.92 Å². The van der Waals surface area contributed by atoms with Crippen molar-refractivity contribution in [2.24, 2.45) is 5.92 Å². The van der Waals surface area contributed by atoms with Crippen LogP contribution in [-0.4, -0.2) is 43.3 Å². The van der Waals surface area contributed by atoms with Gasteiger partial charge in [-0.25, -0.2) is 0 Å². The molecule has 88 valence electrons. The summed E-state index contributed by atoms with van der Waals surface area (Å²) in [4.78, 5) is 13.7. The Labute approximate surface area is 92.0 Å². The molecule has 1 rings (SSSR count). The molecule has 0 bridgehead atoms. The predicted molar refractivity (Wildman–Crippen MR) is 59.5 cm³/mol. The number of hydrogen-bond acceptors (Lipinski definition) is 3. The molecule has 0 aliphatic carbocycles. The van der Waals surface area contributed by atoms with E-state index in [9.17, 15) is 4.79 Å². The van der Waals surface area contributed by atoms with Crippen molar-refractivity contribution in [3.8, 4) is 0 Å². The fraction of sp³-hybridized carbons (Fsp3) is 0.909. The van der Waals surface area contributed by atoms with Crippen molar-refractivity contribution in [2.45, 2.75) is 33.2 Å². The Hall–Kier alpha value is -0.610. The van der Waals surface area contributed by atoms with Crippen LogP contribution >= 0.6 is 0 Å². The van der Waals surface area contributed by atoms with Crippen LogP contribution < -0.4 is 5.32 Å². The summed E-state index contributed by atoms with van der Waals surface area (Å²) in [5.74, 6) is 0.779. The summed E-state index contributed by atoms with van der Waals surface area (Å²) in [6.07, 6.45) is 0.921. The van der Waals surface area contributed by atoms with E-state index in [0.29, 0.717) is 32.3 Å². The second kappa shape index (κ2) is 6.08. The summed E-state index contributed by atoms with van der Waals surface area (Å²) in [5, 5.41) is 3.24. The highest BCUT2D eigenvalue weighted by atomic mass is 16.5. The molecule has 1 aliphatic rings. The average Bonchev–Trinajstić information content (AvgIpc) is 2.49. The Balaban J connectivity index is 2.29. The van der Waals surface area contributed by atoms with E-state index < -0.39 is 0 Å². The predicted octanol–water partition coefficient (Wildman–Crippen LogP) is 0.827. The van der Waals surface area contributed by atoms with Gasteiger partial charge in [0, 0.05) is 13.2 Å². The molecule has 0 saturated carbocycles. The second-order valence-corrected chi connectivity index (χ2v) is 4.34. The minimum atomic E-state index is 0.0200. The number of carbonyl (C=O) groups is 1. The van der Waals surface area contributed by atoms with Gasteiger partial charge in [0.05, 0.1) is 19.3 Å². The molecule has 1 amide bonds. The number of carbonyl (C=O) groups excluding carboxylic acids is 1. The van der Waals surface area contributed by atoms with E-state index in [0.717, 1.165) is 6.42 Å². The van der Waals surface area contributed by atoms with Gasteiger partial charge in [0.2, 0.25) is 5.91 Å². The zero-order chi connectivity index (χ0) is 11.3.